The number of likely N-dealkylation sites (tertiary alicyclic amines) is 1. The number of carbonyl (C=O) groups is 9. The number of methoxy groups -OCH3 is 2. The lowest BCUT2D eigenvalue weighted by Crippen LogP contribution is -2.60. The van der Waals surface area contributed by atoms with Gasteiger partial charge in [-0.15, -0.1) is 6.42 Å². The van der Waals surface area contributed by atoms with E-state index in [0.29, 0.717) is 55.8 Å². The van der Waals surface area contributed by atoms with E-state index in [2.05, 4.69) is 37.8 Å². The molecule has 0 saturated carbocycles. The second-order valence-electron chi connectivity index (χ2n) is 24.7. The molecule has 0 bridgehead atoms. The summed E-state index contributed by atoms with van der Waals surface area (Å²) >= 11 is 0. The van der Waals surface area contributed by atoms with Crippen molar-refractivity contribution in [2.75, 3.05) is 86.4 Å². The first-order valence-corrected chi connectivity index (χ1v) is 32.2. The maximum Gasteiger partial charge on any atom is 0.410 e. The predicted molar refractivity (Wildman–Crippen MR) is 350 cm³/mol. The number of nitrogens with one attached hydrogen (secondary N) is 6. The number of likely N-dealkylation sites (N-methyl/N-ethyl adjacent to an activating group) is 2. The molecule has 3 rings (SSSR count). The van der Waals surface area contributed by atoms with E-state index in [1.807, 2.05) is 32.0 Å². The van der Waals surface area contributed by atoms with Crippen LogP contribution >= 0.6 is 0 Å². The van der Waals surface area contributed by atoms with E-state index < -0.39 is 126 Å². The minimum absolute atomic E-state index is 0.0834. The Bertz CT molecular complexity index is 2710. The summed E-state index contributed by atoms with van der Waals surface area (Å²) in [6.07, 6.45) is 4.09. The summed E-state index contributed by atoms with van der Waals surface area (Å²) in [4.78, 5) is 127. The quantitative estimate of drug-likeness (QED) is 0.0340. The molecule has 0 spiro atoms. The summed E-state index contributed by atoms with van der Waals surface area (Å²) in [5.41, 5.74) is 6.77. The zero-order valence-corrected chi connectivity index (χ0v) is 57.0. The second-order valence-corrected chi connectivity index (χ2v) is 24.7. The van der Waals surface area contributed by atoms with Gasteiger partial charge < -0.3 is 81.0 Å². The molecule has 1 heterocycles. The zero-order chi connectivity index (χ0) is 69.5. The average Bonchev–Trinajstić information content (AvgIpc) is 1.82. The maximum atomic E-state index is 14.8. The summed E-state index contributed by atoms with van der Waals surface area (Å²) in [6, 6.07) is 8.73. The van der Waals surface area contributed by atoms with Gasteiger partial charge in [0.25, 0.3) is 0 Å². The minimum Gasteiger partial charge on any atom is -0.445 e. The van der Waals surface area contributed by atoms with Crippen LogP contribution in [0, 0.1) is 41.9 Å². The summed E-state index contributed by atoms with van der Waals surface area (Å²) < 4.78 is 33.6. The molecule has 2 aromatic carbocycles. The topological polar surface area (TPSA) is 337 Å². The standard InChI is InChI=1S/C67H106N10O16/c1-16-33-90-34-35-91-36-37-92-40-53(78)73-55(41(3)4)63(83)72-50(25-21-31-69-66(68)86)62(82)71-49-29-27-47(28-30-49)39-93-67(87)76(13)57(43(7)8)64(84)74-56(42(5)6)65(85)75(12)58(44(9)17-2)52(88-14)38-54(79)77-32-22-26-51(77)60(89-15)45(10)61(81)70-46(11)59(80)48-23-19-18-20-24-48/h1,18-20,23-24,27-30,41-46,50-52,55-60,80H,17,21-22,25-26,31-40H2,2-15H3,(H,70,81)(H,71,82)(H,72,83)(H,73,78)(H,74,84)(H3,68,69,86)/t44?,45-,46-,50?,51+,52-,55+,56+,57+,58+,59-,60-/m1/s1. The Kier molecular flexibility index (Phi) is 35.5. The van der Waals surface area contributed by atoms with E-state index in [1.165, 1.54) is 26.2 Å². The van der Waals surface area contributed by atoms with Crippen molar-refractivity contribution in [3.63, 3.8) is 0 Å². The number of amides is 10. The Morgan fingerprint density at radius 3 is 1.96 bits per heavy atom. The number of nitrogens with two attached hydrogens (primary N) is 1. The van der Waals surface area contributed by atoms with E-state index in [0.717, 1.165) is 0 Å². The second kappa shape index (κ2) is 41.3. The van der Waals surface area contributed by atoms with Crippen LogP contribution in [-0.2, 0) is 68.6 Å². The third kappa shape index (κ3) is 25.8. The molecule has 93 heavy (non-hydrogen) atoms. The monoisotopic (exact) mass is 1310 g/mol. The lowest BCUT2D eigenvalue weighted by molar-refractivity contribution is -0.148. The zero-order valence-electron chi connectivity index (χ0n) is 57.0. The SMILES string of the molecule is C#CCOCCOCCOCC(=O)N[C@H](C(=O)NC(CCCNC(N)=O)C(=O)Nc1ccc(COC(=O)N(C)[C@H](C(=O)N[C@H](C(=O)N(C)[C@@H](C(C)CC)[C@@H](CC(=O)N2CCC[C@H]2[C@H](OC)[C@@H](C)C(=O)N[C@H](C)[C@@H](O)c2ccccc2)OC)C(C)C)C(C)C)cc1)C(C)C. The summed E-state index contributed by atoms with van der Waals surface area (Å²) in [5, 5.41) is 27.5. The number of primary amides is 1. The first-order chi connectivity index (χ1) is 44.1. The van der Waals surface area contributed by atoms with Crippen LogP contribution in [0.15, 0.2) is 54.6 Å². The highest BCUT2D eigenvalue weighted by Crippen LogP contribution is 2.30. The van der Waals surface area contributed by atoms with Gasteiger partial charge in [-0.2, -0.15) is 0 Å². The lowest BCUT2D eigenvalue weighted by atomic mass is 9.89. The van der Waals surface area contributed by atoms with E-state index in [1.54, 1.807) is 109 Å². The van der Waals surface area contributed by atoms with Gasteiger partial charge in [-0.3, -0.25) is 38.5 Å². The smallest absolute Gasteiger partial charge is 0.410 e. The Morgan fingerprint density at radius 2 is 1.38 bits per heavy atom. The fourth-order valence-electron chi connectivity index (χ4n) is 11.3. The molecule has 26 nitrogen and oxygen atoms in total. The highest BCUT2D eigenvalue weighted by atomic mass is 16.6. The van der Waals surface area contributed by atoms with Crippen molar-refractivity contribution < 1.29 is 76.7 Å². The van der Waals surface area contributed by atoms with Crippen LogP contribution < -0.4 is 37.6 Å². The van der Waals surface area contributed by atoms with Crippen LogP contribution in [0.1, 0.15) is 125 Å². The molecular weight excluding hydrogens is 1200 g/mol. The third-order valence-electron chi connectivity index (χ3n) is 16.7. The minimum atomic E-state index is -1.12. The van der Waals surface area contributed by atoms with Crippen LogP contribution in [0.2, 0.25) is 0 Å². The first kappa shape index (κ1) is 79.8. The van der Waals surface area contributed by atoms with Gasteiger partial charge in [0.15, 0.2) is 0 Å². The predicted octanol–water partition coefficient (Wildman–Crippen LogP) is 4.27. The number of nitrogens with zero attached hydrogens (tertiary/aromatic N) is 3. The van der Waals surface area contributed by atoms with E-state index in [-0.39, 0.29) is 76.6 Å². The van der Waals surface area contributed by atoms with Gasteiger partial charge in [-0.1, -0.05) is 117 Å². The molecule has 1 saturated heterocycles. The normalized spacial score (nSPS) is 16.6. The first-order valence-electron chi connectivity index (χ1n) is 32.2. The van der Waals surface area contributed by atoms with Crippen LogP contribution in [0.4, 0.5) is 15.3 Å². The number of carbonyl (C=O) groups excluding carboxylic acids is 9. The van der Waals surface area contributed by atoms with Crippen molar-refractivity contribution >= 4 is 59.2 Å². The van der Waals surface area contributed by atoms with Crippen molar-refractivity contribution in [3.8, 4) is 12.3 Å². The molecule has 12 atom stereocenters. The highest BCUT2D eigenvalue weighted by molar-refractivity contribution is 5.98. The summed E-state index contributed by atoms with van der Waals surface area (Å²) in [7, 11) is 6.08. The largest absolute Gasteiger partial charge is 0.445 e. The number of aliphatic hydroxyl groups excluding tert-OH is 1. The van der Waals surface area contributed by atoms with Crippen molar-refractivity contribution in [2.24, 2.45) is 35.3 Å². The van der Waals surface area contributed by atoms with Crippen LogP contribution in [0.5, 0.6) is 0 Å². The summed E-state index contributed by atoms with van der Waals surface area (Å²) in [6.45, 7) is 19.1. The number of anilines is 1. The molecule has 0 aromatic heterocycles. The number of hydrogen-bond donors (Lipinski definition) is 8. The number of aliphatic hydroxyl groups is 1. The van der Waals surface area contributed by atoms with E-state index >= 15 is 0 Å². The van der Waals surface area contributed by atoms with Crippen molar-refractivity contribution in [1.82, 2.24) is 41.3 Å². The third-order valence-corrected chi connectivity index (χ3v) is 16.7. The van der Waals surface area contributed by atoms with Gasteiger partial charge in [0.05, 0.1) is 75.2 Å². The van der Waals surface area contributed by atoms with Crippen molar-refractivity contribution in [1.29, 1.82) is 0 Å². The van der Waals surface area contributed by atoms with Crippen LogP contribution in [0.3, 0.4) is 0 Å². The fourth-order valence-corrected chi connectivity index (χ4v) is 11.3. The molecule has 1 aliphatic heterocycles. The van der Waals surface area contributed by atoms with Gasteiger partial charge in [0.1, 0.15) is 44.0 Å². The van der Waals surface area contributed by atoms with Gasteiger partial charge in [0, 0.05) is 47.1 Å². The molecule has 10 amide bonds. The number of ether oxygens (including phenoxy) is 6. The summed E-state index contributed by atoms with van der Waals surface area (Å²) in [5.74, 6) is -3.11. The van der Waals surface area contributed by atoms with Crippen LogP contribution in [-0.4, -0.2) is 209 Å². The Hall–Kier alpha value is -7.41. The van der Waals surface area contributed by atoms with Crippen LogP contribution in [0.25, 0.3) is 0 Å². The fraction of sp³-hybridized carbons (Fsp3) is 0.657. The maximum absolute atomic E-state index is 14.8. The molecule has 9 N–H and O–H groups in total. The van der Waals surface area contributed by atoms with Gasteiger partial charge in [-0.25, -0.2) is 9.59 Å². The van der Waals surface area contributed by atoms with Crippen molar-refractivity contribution in [2.45, 2.75) is 175 Å². The molecule has 0 radical (unpaired) electrons. The molecule has 26 heteroatoms. The lowest BCUT2D eigenvalue weighted by Gasteiger charge is -2.41. The number of terminal acetylenes is 1. The molecule has 0 aliphatic carbocycles. The number of benzene rings is 2. The van der Waals surface area contributed by atoms with E-state index in [9.17, 15) is 48.3 Å². The average molecular weight is 1310 g/mol. The Balaban J connectivity index is 1.68. The molecule has 2 unspecified atom stereocenters. The van der Waals surface area contributed by atoms with Gasteiger partial charge >= 0.3 is 12.1 Å². The molecule has 1 aliphatic rings. The van der Waals surface area contributed by atoms with Gasteiger partial charge in [0.2, 0.25) is 41.4 Å². The number of hydrogen-bond acceptors (Lipinski definition) is 16. The Labute approximate surface area is 549 Å². The molecule has 1 fully saturated rings. The Morgan fingerprint density at radius 1 is 0.742 bits per heavy atom. The highest BCUT2D eigenvalue weighted by Gasteiger charge is 2.44. The molecule has 2 aromatic rings. The molecule has 520 valence electrons. The number of urea groups is 1. The van der Waals surface area contributed by atoms with E-state index in [4.69, 9.17) is 40.6 Å². The number of rotatable bonds is 41. The molecular formula is C67H106N10O16. The van der Waals surface area contributed by atoms with Gasteiger partial charge in [-0.05, 0) is 79.5 Å². The van der Waals surface area contributed by atoms with Crippen molar-refractivity contribution in [3.05, 3.63) is 65.7 Å².